The molecule has 21 heavy (non-hydrogen) atoms. The molecule has 0 radical (unpaired) electrons. The van der Waals surface area contributed by atoms with E-state index in [0.717, 1.165) is 29.0 Å². The second-order valence-corrected chi connectivity index (χ2v) is 6.47. The first-order chi connectivity index (χ1) is 10.1. The Morgan fingerprint density at radius 3 is 2.86 bits per heavy atom. The van der Waals surface area contributed by atoms with E-state index in [2.05, 4.69) is 58.6 Å². The normalized spacial score (nSPS) is 25.8. The van der Waals surface area contributed by atoms with Crippen LogP contribution in [0.5, 0.6) is 0 Å². The Kier molecular flexibility index (Phi) is 3.95. The van der Waals surface area contributed by atoms with E-state index in [9.17, 15) is 0 Å². The Bertz CT molecular complexity index is 604. The van der Waals surface area contributed by atoms with Crippen molar-refractivity contribution in [3.05, 3.63) is 30.1 Å². The van der Waals surface area contributed by atoms with E-state index < -0.39 is 0 Å². The zero-order valence-electron chi connectivity index (χ0n) is 13.1. The van der Waals surface area contributed by atoms with Crippen molar-refractivity contribution in [2.45, 2.75) is 46.1 Å². The molecule has 1 aliphatic carbocycles. The predicted molar refractivity (Wildman–Crippen MR) is 86.1 cm³/mol. The summed E-state index contributed by atoms with van der Waals surface area (Å²) in [5, 5.41) is 10.8. The Morgan fingerprint density at radius 1 is 1.24 bits per heavy atom. The van der Waals surface area contributed by atoms with Crippen molar-refractivity contribution < 1.29 is 0 Å². The van der Waals surface area contributed by atoms with Crippen molar-refractivity contribution >= 4 is 5.69 Å². The number of anilines is 1. The molecule has 0 bridgehead atoms. The van der Waals surface area contributed by atoms with Crippen LogP contribution in [-0.2, 0) is 0 Å². The maximum absolute atomic E-state index is 4.40. The van der Waals surface area contributed by atoms with Gasteiger partial charge in [0.2, 0.25) is 0 Å². The topological polar surface area (TPSA) is 53.6 Å². The van der Waals surface area contributed by atoms with Gasteiger partial charge < -0.3 is 5.32 Å². The molecule has 1 aliphatic rings. The van der Waals surface area contributed by atoms with E-state index >= 15 is 0 Å². The predicted octanol–water partition coefficient (Wildman–Crippen LogP) is 4.02. The Balaban J connectivity index is 1.77. The summed E-state index contributed by atoms with van der Waals surface area (Å²) in [6.45, 7) is 6.63. The van der Waals surface area contributed by atoms with Crippen LogP contribution in [0.3, 0.4) is 0 Å². The number of rotatable bonds is 3. The number of H-pyrrole nitrogens is 1. The van der Waals surface area contributed by atoms with Crippen molar-refractivity contribution in [1.29, 1.82) is 0 Å². The molecule has 0 amide bonds. The molecule has 1 fully saturated rings. The third-order valence-electron chi connectivity index (χ3n) is 4.53. The fraction of sp³-hybridized carbons (Fsp3) is 0.529. The average Bonchev–Trinajstić information content (AvgIpc) is 2.90. The van der Waals surface area contributed by atoms with E-state index in [0.29, 0.717) is 6.04 Å². The second-order valence-electron chi connectivity index (χ2n) is 6.47. The summed E-state index contributed by atoms with van der Waals surface area (Å²) in [6, 6.07) is 8.97. The highest BCUT2D eigenvalue weighted by molar-refractivity contribution is 5.62. The van der Waals surface area contributed by atoms with E-state index in [4.69, 9.17) is 0 Å². The summed E-state index contributed by atoms with van der Waals surface area (Å²) in [7, 11) is 0. The Labute approximate surface area is 126 Å². The van der Waals surface area contributed by atoms with Gasteiger partial charge in [-0.25, -0.2) is 4.98 Å². The fourth-order valence-electron chi connectivity index (χ4n) is 3.17. The molecule has 3 unspecified atom stereocenters. The van der Waals surface area contributed by atoms with Crippen molar-refractivity contribution in [2.24, 2.45) is 11.8 Å². The summed E-state index contributed by atoms with van der Waals surface area (Å²) in [6.07, 6.45) is 3.93. The largest absolute Gasteiger partial charge is 0.382 e. The van der Waals surface area contributed by atoms with Crippen LogP contribution >= 0.6 is 0 Å². The molecule has 1 saturated carbocycles. The van der Waals surface area contributed by atoms with Gasteiger partial charge in [0.15, 0.2) is 5.82 Å². The van der Waals surface area contributed by atoms with Gasteiger partial charge in [-0.2, -0.15) is 5.10 Å². The molecule has 4 heteroatoms. The minimum Gasteiger partial charge on any atom is -0.382 e. The Morgan fingerprint density at radius 2 is 2.10 bits per heavy atom. The summed E-state index contributed by atoms with van der Waals surface area (Å²) in [4.78, 5) is 4.40. The number of nitrogens with zero attached hydrogens (tertiary/aromatic N) is 2. The molecule has 0 spiro atoms. The molecule has 2 aromatic rings. The molecule has 2 N–H and O–H groups in total. The van der Waals surface area contributed by atoms with Crippen molar-refractivity contribution in [3.63, 3.8) is 0 Å². The molecule has 112 valence electrons. The molecule has 1 aromatic heterocycles. The van der Waals surface area contributed by atoms with Crippen molar-refractivity contribution in [1.82, 2.24) is 15.2 Å². The summed E-state index contributed by atoms with van der Waals surface area (Å²) < 4.78 is 0. The van der Waals surface area contributed by atoms with Gasteiger partial charge in [-0.15, -0.1) is 0 Å². The monoisotopic (exact) mass is 284 g/mol. The third kappa shape index (κ3) is 3.26. The minimum atomic E-state index is 0.567. The van der Waals surface area contributed by atoms with Gasteiger partial charge in [0, 0.05) is 17.3 Å². The van der Waals surface area contributed by atoms with Crippen LogP contribution in [0.1, 0.15) is 38.9 Å². The smallest absolute Gasteiger partial charge is 0.181 e. The lowest BCUT2D eigenvalue weighted by Crippen LogP contribution is -2.33. The van der Waals surface area contributed by atoms with Gasteiger partial charge in [-0.05, 0) is 43.7 Å². The number of aryl methyl sites for hydroxylation is 1. The molecule has 4 nitrogen and oxygen atoms in total. The summed E-state index contributed by atoms with van der Waals surface area (Å²) >= 11 is 0. The highest BCUT2D eigenvalue weighted by Gasteiger charge is 2.25. The number of benzene rings is 1. The number of aromatic amines is 1. The first kappa shape index (κ1) is 14.1. The van der Waals surface area contributed by atoms with Crippen molar-refractivity contribution in [2.75, 3.05) is 5.32 Å². The summed E-state index contributed by atoms with van der Waals surface area (Å²) in [5.74, 6) is 3.16. The van der Waals surface area contributed by atoms with Crippen LogP contribution in [0.15, 0.2) is 24.3 Å². The van der Waals surface area contributed by atoms with Gasteiger partial charge >= 0.3 is 0 Å². The molecular formula is C17H24N4. The van der Waals surface area contributed by atoms with Crippen LogP contribution in [0.2, 0.25) is 0 Å². The quantitative estimate of drug-likeness (QED) is 0.895. The molecule has 1 aromatic carbocycles. The van der Waals surface area contributed by atoms with Crippen LogP contribution in [-0.4, -0.2) is 21.2 Å². The SMILES string of the molecule is Cc1nc(-c2cccc(NC3CC(C)CCC3C)c2)n[nH]1. The van der Waals surface area contributed by atoms with E-state index in [-0.39, 0.29) is 0 Å². The second kappa shape index (κ2) is 5.88. The fourth-order valence-corrected chi connectivity index (χ4v) is 3.17. The number of hydrogen-bond acceptors (Lipinski definition) is 3. The van der Waals surface area contributed by atoms with Gasteiger partial charge in [0.1, 0.15) is 5.82 Å². The van der Waals surface area contributed by atoms with E-state index in [1.54, 1.807) is 0 Å². The number of nitrogens with one attached hydrogen (secondary N) is 2. The standard InChI is InChI=1S/C17H24N4/c1-11-7-8-12(2)16(9-11)19-15-6-4-5-14(10-15)17-18-13(3)20-21-17/h4-6,10-12,16,19H,7-9H2,1-3H3,(H,18,20,21). The highest BCUT2D eigenvalue weighted by atomic mass is 15.2. The maximum atomic E-state index is 4.40. The van der Waals surface area contributed by atoms with Gasteiger partial charge in [0.05, 0.1) is 0 Å². The van der Waals surface area contributed by atoms with Gasteiger partial charge in [0.25, 0.3) is 0 Å². The number of aromatic nitrogens is 3. The van der Waals surface area contributed by atoms with Crippen LogP contribution < -0.4 is 5.32 Å². The lowest BCUT2D eigenvalue weighted by molar-refractivity contribution is 0.281. The molecular weight excluding hydrogens is 260 g/mol. The lowest BCUT2D eigenvalue weighted by atomic mass is 9.80. The molecule has 0 saturated heterocycles. The van der Waals surface area contributed by atoms with E-state index in [1.165, 1.54) is 24.9 Å². The first-order valence-corrected chi connectivity index (χ1v) is 7.88. The molecule has 3 rings (SSSR count). The first-order valence-electron chi connectivity index (χ1n) is 7.88. The maximum Gasteiger partial charge on any atom is 0.181 e. The van der Waals surface area contributed by atoms with Crippen LogP contribution in [0, 0.1) is 18.8 Å². The van der Waals surface area contributed by atoms with Crippen LogP contribution in [0.25, 0.3) is 11.4 Å². The number of hydrogen-bond donors (Lipinski definition) is 2. The van der Waals surface area contributed by atoms with Gasteiger partial charge in [-0.3, -0.25) is 5.10 Å². The molecule has 0 aliphatic heterocycles. The highest BCUT2D eigenvalue weighted by Crippen LogP contribution is 2.31. The zero-order chi connectivity index (χ0) is 14.8. The average molecular weight is 284 g/mol. The Hall–Kier alpha value is -1.84. The lowest BCUT2D eigenvalue weighted by Gasteiger charge is -2.34. The molecule has 3 atom stereocenters. The zero-order valence-corrected chi connectivity index (χ0v) is 13.1. The third-order valence-corrected chi connectivity index (χ3v) is 4.53. The minimum absolute atomic E-state index is 0.567. The van der Waals surface area contributed by atoms with Gasteiger partial charge in [-0.1, -0.05) is 32.4 Å². The summed E-state index contributed by atoms with van der Waals surface area (Å²) in [5.41, 5.74) is 2.22. The van der Waals surface area contributed by atoms with Crippen molar-refractivity contribution in [3.8, 4) is 11.4 Å². The van der Waals surface area contributed by atoms with Crippen LogP contribution in [0.4, 0.5) is 5.69 Å². The molecule has 1 heterocycles. The van der Waals surface area contributed by atoms with E-state index in [1.807, 2.05) is 6.92 Å².